The maximum Gasteiger partial charge on any atom is 0.354 e. The molecule has 0 aliphatic heterocycles. The van der Waals surface area contributed by atoms with E-state index in [0.717, 1.165) is 29.5 Å². The summed E-state index contributed by atoms with van der Waals surface area (Å²) in [5.74, 6) is 4.05. The van der Waals surface area contributed by atoms with Crippen LogP contribution >= 0.6 is 0 Å². The van der Waals surface area contributed by atoms with Crippen LogP contribution in [-0.2, 0) is 7.05 Å². The molecule has 1 aromatic rings. The fourth-order valence-electron chi connectivity index (χ4n) is 5.60. The van der Waals surface area contributed by atoms with E-state index in [1.165, 1.54) is 32.1 Å². The minimum atomic E-state index is -0.854. The molecule has 4 bridgehead atoms. The molecular weight excluding hydrogens is 252 g/mol. The van der Waals surface area contributed by atoms with E-state index < -0.39 is 5.97 Å². The van der Waals surface area contributed by atoms with Crippen LogP contribution < -0.4 is 0 Å². The van der Waals surface area contributed by atoms with Crippen LogP contribution in [0.4, 0.5) is 0 Å². The molecule has 4 aliphatic carbocycles. The number of hydrogen-bond donors (Lipinski definition) is 1. The summed E-state index contributed by atoms with van der Waals surface area (Å²) in [5.41, 5.74) is 1.04. The highest BCUT2D eigenvalue weighted by molar-refractivity contribution is 5.87. The van der Waals surface area contributed by atoms with Crippen LogP contribution in [0.3, 0.4) is 0 Å². The third-order valence-electron chi connectivity index (χ3n) is 6.03. The average molecular weight is 274 g/mol. The first-order chi connectivity index (χ1) is 9.54. The second-order valence-corrected chi connectivity index (χ2v) is 7.22. The van der Waals surface area contributed by atoms with Crippen molar-refractivity contribution in [2.45, 2.75) is 44.9 Å². The number of carbonyl (C=O) groups is 1. The number of rotatable bonds is 2. The van der Waals surface area contributed by atoms with Crippen LogP contribution in [0.2, 0.25) is 0 Å². The number of aryl methyl sites for hydroxylation is 1. The van der Waals surface area contributed by atoms with Crippen molar-refractivity contribution in [3.8, 4) is 0 Å². The Bertz CT molecular complexity index is 547. The first-order valence-electron chi connectivity index (χ1n) is 7.81. The zero-order valence-electron chi connectivity index (χ0n) is 12.2. The SMILES string of the molecule is Cc1nc(C2C3CC4CC(C3)CC2C4)n(C)c1C(=O)O. The molecule has 4 fully saturated rings. The molecule has 5 rings (SSSR count). The molecule has 1 N–H and O–H groups in total. The molecule has 4 nitrogen and oxygen atoms in total. The summed E-state index contributed by atoms with van der Waals surface area (Å²) >= 11 is 0. The van der Waals surface area contributed by atoms with Gasteiger partial charge in [-0.1, -0.05) is 0 Å². The van der Waals surface area contributed by atoms with E-state index in [9.17, 15) is 9.90 Å². The van der Waals surface area contributed by atoms with E-state index in [4.69, 9.17) is 0 Å². The summed E-state index contributed by atoms with van der Waals surface area (Å²) in [5, 5.41) is 9.35. The van der Waals surface area contributed by atoms with E-state index in [1.807, 2.05) is 18.5 Å². The Labute approximate surface area is 119 Å². The van der Waals surface area contributed by atoms with Gasteiger partial charge in [0.2, 0.25) is 0 Å². The van der Waals surface area contributed by atoms with Crippen LogP contribution in [0.25, 0.3) is 0 Å². The number of carboxylic acids is 1. The smallest absolute Gasteiger partial charge is 0.354 e. The quantitative estimate of drug-likeness (QED) is 0.902. The molecule has 1 heterocycles. The summed E-state index contributed by atoms with van der Waals surface area (Å²) in [6, 6.07) is 0. The topological polar surface area (TPSA) is 55.1 Å². The van der Waals surface area contributed by atoms with E-state index in [-0.39, 0.29) is 0 Å². The van der Waals surface area contributed by atoms with E-state index in [0.29, 0.717) is 17.3 Å². The molecular formula is C16H22N2O2. The van der Waals surface area contributed by atoms with Gasteiger partial charge in [0.05, 0.1) is 5.69 Å². The van der Waals surface area contributed by atoms with Crippen molar-refractivity contribution < 1.29 is 9.90 Å². The molecule has 4 heteroatoms. The summed E-state index contributed by atoms with van der Waals surface area (Å²) in [6.07, 6.45) is 6.80. The van der Waals surface area contributed by atoms with Crippen molar-refractivity contribution in [1.82, 2.24) is 9.55 Å². The van der Waals surface area contributed by atoms with Crippen LogP contribution in [0.1, 0.15) is 60.0 Å². The number of nitrogens with zero attached hydrogens (tertiary/aromatic N) is 2. The summed E-state index contributed by atoms with van der Waals surface area (Å²) in [6.45, 7) is 1.82. The van der Waals surface area contributed by atoms with Crippen molar-refractivity contribution in [2.75, 3.05) is 0 Å². The van der Waals surface area contributed by atoms with Gasteiger partial charge >= 0.3 is 5.97 Å². The van der Waals surface area contributed by atoms with Gasteiger partial charge in [-0.2, -0.15) is 0 Å². The zero-order valence-corrected chi connectivity index (χ0v) is 12.2. The van der Waals surface area contributed by atoms with Gasteiger partial charge in [-0.15, -0.1) is 0 Å². The molecule has 0 aromatic carbocycles. The van der Waals surface area contributed by atoms with E-state index in [1.54, 1.807) is 0 Å². The lowest BCUT2D eigenvalue weighted by Gasteiger charge is -2.54. The molecule has 20 heavy (non-hydrogen) atoms. The fourth-order valence-corrected chi connectivity index (χ4v) is 5.60. The van der Waals surface area contributed by atoms with Crippen molar-refractivity contribution in [2.24, 2.45) is 30.7 Å². The standard InChI is InChI=1S/C16H22N2O2/c1-8-14(16(19)20)18(2)15(17-8)13-11-4-9-3-10(6-11)7-12(13)5-9/h9-13H,3-7H2,1-2H3,(H,19,20). The Morgan fingerprint density at radius 2 is 1.70 bits per heavy atom. The normalized spacial score (nSPS) is 38.4. The van der Waals surface area contributed by atoms with Gasteiger partial charge in [0.25, 0.3) is 0 Å². The monoisotopic (exact) mass is 274 g/mol. The molecule has 0 saturated heterocycles. The molecule has 0 atom stereocenters. The fraction of sp³-hybridized carbons (Fsp3) is 0.750. The summed E-state index contributed by atoms with van der Waals surface area (Å²) in [4.78, 5) is 16.0. The zero-order chi connectivity index (χ0) is 14.0. The van der Waals surface area contributed by atoms with E-state index >= 15 is 0 Å². The Kier molecular flexibility index (Phi) is 2.54. The lowest BCUT2D eigenvalue weighted by Crippen LogP contribution is -2.44. The Hall–Kier alpha value is -1.32. The molecule has 0 radical (unpaired) electrons. The average Bonchev–Trinajstić information content (AvgIpc) is 2.63. The Balaban J connectivity index is 1.75. The number of imidazole rings is 1. The third kappa shape index (κ3) is 1.60. The van der Waals surface area contributed by atoms with Crippen LogP contribution in [0.15, 0.2) is 0 Å². The predicted octanol–water partition coefficient (Wildman–Crippen LogP) is 2.97. The second kappa shape index (κ2) is 4.09. The van der Waals surface area contributed by atoms with Gasteiger partial charge in [-0.3, -0.25) is 0 Å². The van der Waals surface area contributed by atoms with E-state index in [2.05, 4.69) is 4.98 Å². The Morgan fingerprint density at radius 1 is 1.15 bits per heavy atom. The maximum atomic E-state index is 11.4. The van der Waals surface area contributed by atoms with Crippen molar-refractivity contribution in [3.05, 3.63) is 17.2 Å². The molecule has 4 aliphatic rings. The van der Waals surface area contributed by atoms with Crippen LogP contribution in [0, 0.1) is 30.6 Å². The minimum Gasteiger partial charge on any atom is -0.477 e. The lowest BCUT2D eigenvalue weighted by atomic mass is 9.51. The molecule has 0 spiro atoms. The lowest BCUT2D eigenvalue weighted by molar-refractivity contribution is -0.00658. The molecule has 4 saturated carbocycles. The largest absolute Gasteiger partial charge is 0.477 e. The van der Waals surface area contributed by atoms with Crippen molar-refractivity contribution in [1.29, 1.82) is 0 Å². The van der Waals surface area contributed by atoms with Gasteiger partial charge in [0, 0.05) is 13.0 Å². The first-order valence-corrected chi connectivity index (χ1v) is 7.81. The predicted molar refractivity (Wildman–Crippen MR) is 74.7 cm³/mol. The number of carboxylic acid groups (broad SMARTS) is 1. The molecule has 108 valence electrons. The number of hydrogen-bond acceptors (Lipinski definition) is 2. The molecule has 0 unspecified atom stereocenters. The highest BCUT2D eigenvalue weighted by Crippen LogP contribution is 2.59. The van der Waals surface area contributed by atoms with Crippen molar-refractivity contribution >= 4 is 5.97 Å². The second-order valence-electron chi connectivity index (χ2n) is 7.22. The van der Waals surface area contributed by atoms with Crippen LogP contribution in [-0.4, -0.2) is 20.6 Å². The first kappa shape index (κ1) is 12.4. The Morgan fingerprint density at radius 3 is 2.15 bits per heavy atom. The highest BCUT2D eigenvalue weighted by Gasteiger charge is 2.50. The third-order valence-corrected chi connectivity index (χ3v) is 6.03. The van der Waals surface area contributed by atoms with Gasteiger partial charge in [-0.25, -0.2) is 9.78 Å². The van der Waals surface area contributed by atoms with Gasteiger partial charge in [0.1, 0.15) is 11.5 Å². The van der Waals surface area contributed by atoms with Crippen LogP contribution in [0.5, 0.6) is 0 Å². The van der Waals surface area contributed by atoms with Gasteiger partial charge in [0.15, 0.2) is 0 Å². The number of aromatic nitrogens is 2. The number of aromatic carboxylic acids is 1. The summed E-state index contributed by atoms with van der Waals surface area (Å²) < 4.78 is 1.85. The highest BCUT2D eigenvalue weighted by atomic mass is 16.4. The van der Waals surface area contributed by atoms with Gasteiger partial charge in [-0.05, 0) is 62.7 Å². The minimum absolute atomic E-state index is 0.369. The van der Waals surface area contributed by atoms with Crippen molar-refractivity contribution in [3.63, 3.8) is 0 Å². The van der Waals surface area contributed by atoms with Gasteiger partial charge < -0.3 is 9.67 Å². The maximum absolute atomic E-state index is 11.4. The molecule has 0 amide bonds. The molecule has 1 aromatic heterocycles. The summed E-state index contributed by atoms with van der Waals surface area (Å²) in [7, 11) is 1.88.